The quantitative estimate of drug-likeness (QED) is 0.318. The van der Waals surface area contributed by atoms with Crippen molar-refractivity contribution in [1.82, 2.24) is 5.32 Å². The van der Waals surface area contributed by atoms with E-state index in [1.807, 2.05) is 48.7 Å². The van der Waals surface area contributed by atoms with E-state index < -0.39 is 0 Å². The molecule has 0 aromatic heterocycles. The van der Waals surface area contributed by atoms with Crippen LogP contribution in [0.4, 0.5) is 0 Å². The van der Waals surface area contributed by atoms with Crippen LogP contribution in [-0.2, 0) is 0 Å². The van der Waals surface area contributed by atoms with Gasteiger partial charge in [0.1, 0.15) is 11.6 Å². The molecule has 5 heteroatoms. The van der Waals surface area contributed by atoms with Gasteiger partial charge in [-0.15, -0.1) is 0 Å². The summed E-state index contributed by atoms with van der Waals surface area (Å²) in [6.07, 6.45) is 0. The fourth-order valence-corrected chi connectivity index (χ4v) is 3.89. The summed E-state index contributed by atoms with van der Waals surface area (Å²) in [4.78, 5) is 12.7. The summed E-state index contributed by atoms with van der Waals surface area (Å²) in [6, 6.07) is 17.4. The zero-order chi connectivity index (χ0) is 17.1. The number of carbonyl (C=O) groups excluding carboxylic acids is 1. The van der Waals surface area contributed by atoms with Gasteiger partial charge in [-0.3, -0.25) is 4.79 Å². The number of Topliss-reactive ketones (excluding diaryl/α,β-unsaturated/α-hetero) is 1. The first-order valence-electron chi connectivity index (χ1n) is 7.25. The van der Waals surface area contributed by atoms with Crippen molar-refractivity contribution in [2.45, 2.75) is 6.92 Å². The molecular formula is C19H13IN2OS. The third-order valence-electron chi connectivity index (χ3n) is 3.66. The minimum absolute atomic E-state index is 0.143. The first-order chi connectivity index (χ1) is 11.6. The Labute approximate surface area is 158 Å². The molecule has 2 aromatic carbocycles. The van der Waals surface area contributed by atoms with Gasteiger partial charge in [-0.1, -0.05) is 48.2 Å². The summed E-state index contributed by atoms with van der Waals surface area (Å²) in [5, 5.41) is 15.3. The van der Waals surface area contributed by atoms with Gasteiger partial charge in [-0.05, 0) is 47.2 Å². The molecule has 0 amide bonds. The highest BCUT2D eigenvalue weighted by atomic mass is 127. The maximum atomic E-state index is 12.7. The minimum Gasteiger partial charge on any atom is -0.348 e. The molecule has 24 heavy (non-hydrogen) atoms. The van der Waals surface area contributed by atoms with Gasteiger partial charge in [0.2, 0.25) is 5.78 Å². The molecular weight excluding hydrogens is 431 g/mol. The molecule has 118 valence electrons. The molecule has 3 nitrogen and oxygen atoms in total. The predicted octanol–water partition coefficient (Wildman–Crippen LogP) is 4.85. The van der Waals surface area contributed by atoms with Gasteiger partial charge < -0.3 is 5.32 Å². The van der Waals surface area contributed by atoms with E-state index in [1.165, 1.54) is 11.8 Å². The molecule has 0 saturated heterocycles. The third kappa shape index (κ3) is 3.25. The Balaban J connectivity index is 1.93. The van der Waals surface area contributed by atoms with Crippen LogP contribution >= 0.6 is 34.4 Å². The molecule has 0 fully saturated rings. The molecule has 1 heterocycles. The van der Waals surface area contributed by atoms with Crippen LogP contribution in [0.5, 0.6) is 0 Å². The second-order valence-electron chi connectivity index (χ2n) is 5.21. The Morgan fingerprint density at radius 2 is 1.88 bits per heavy atom. The molecule has 0 atom stereocenters. The maximum Gasteiger partial charge on any atom is 0.207 e. The average molecular weight is 444 g/mol. The lowest BCUT2D eigenvalue weighted by Crippen LogP contribution is -2.13. The third-order valence-corrected chi connectivity index (χ3v) is 5.50. The number of nitrogens with one attached hydrogen (secondary N) is 1. The molecule has 1 aliphatic heterocycles. The summed E-state index contributed by atoms with van der Waals surface area (Å²) >= 11 is 3.49. The highest BCUT2D eigenvalue weighted by Crippen LogP contribution is 2.34. The van der Waals surface area contributed by atoms with Gasteiger partial charge in [-0.25, -0.2) is 0 Å². The summed E-state index contributed by atoms with van der Waals surface area (Å²) in [6.45, 7) is 2.03. The number of thioether (sulfide) groups is 1. The number of halogens is 1. The second kappa shape index (κ2) is 7.24. The molecule has 1 N–H and O–H groups in total. The largest absolute Gasteiger partial charge is 0.348 e. The standard InChI is InChI=1S/C19H13IN2OS/c1-12-6-2-3-7-13(12)17-11-24-19(22-17)15(10-21)18(23)14-8-4-5-9-16(14)20/h2-9,11,22H,1H3/b19-15+. The Morgan fingerprint density at radius 3 is 2.58 bits per heavy atom. The number of allylic oxidation sites excluding steroid dienone is 1. The minimum atomic E-state index is -0.253. The average Bonchev–Trinajstić information content (AvgIpc) is 3.05. The van der Waals surface area contributed by atoms with Crippen molar-refractivity contribution < 1.29 is 4.79 Å². The Hall–Kier alpha value is -2.04. The molecule has 0 spiro atoms. The molecule has 2 aromatic rings. The monoisotopic (exact) mass is 444 g/mol. The highest BCUT2D eigenvalue weighted by Gasteiger charge is 2.23. The lowest BCUT2D eigenvalue weighted by molar-refractivity contribution is 0.103. The van der Waals surface area contributed by atoms with Gasteiger partial charge in [0.25, 0.3) is 0 Å². The number of hydrogen-bond donors (Lipinski definition) is 1. The van der Waals surface area contributed by atoms with E-state index >= 15 is 0 Å². The van der Waals surface area contributed by atoms with Crippen molar-refractivity contribution in [2.24, 2.45) is 0 Å². The second-order valence-corrected chi connectivity index (χ2v) is 7.26. The van der Waals surface area contributed by atoms with Crippen molar-refractivity contribution in [1.29, 1.82) is 5.26 Å². The van der Waals surface area contributed by atoms with E-state index in [4.69, 9.17) is 0 Å². The smallest absolute Gasteiger partial charge is 0.207 e. The van der Waals surface area contributed by atoms with Gasteiger partial charge >= 0.3 is 0 Å². The van der Waals surface area contributed by atoms with Crippen molar-refractivity contribution in [2.75, 3.05) is 0 Å². The molecule has 0 aliphatic carbocycles. The Bertz CT molecular complexity index is 925. The van der Waals surface area contributed by atoms with E-state index in [1.54, 1.807) is 12.1 Å². The first kappa shape index (κ1) is 16.8. The topological polar surface area (TPSA) is 52.9 Å². The van der Waals surface area contributed by atoms with Crippen molar-refractivity contribution >= 4 is 45.8 Å². The molecule has 3 rings (SSSR count). The number of rotatable bonds is 3. The number of benzene rings is 2. The molecule has 0 bridgehead atoms. The number of hydrogen-bond acceptors (Lipinski definition) is 4. The number of aryl methyl sites for hydroxylation is 1. The fraction of sp³-hybridized carbons (Fsp3) is 0.0526. The lowest BCUT2D eigenvalue weighted by Gasteiger charge is -2.09. The predicted molar refractivity (Wildman–Crippen MR) is 106 cm³/mol. The molecule has 1 aliphatic rings. The van der Waals surface area contributed by atoms with Crippen LogP contribution < -0.4 is 5.32 Å². The summed E-state index contributed by atoms with van der Waals surface area (Å²) in [7, 11) is 0. The lowest BCUT2D eigenvalue weighted by atomic mass is 10.0. The van der Waals surface area contributed by atoms with Gasteiger partial charge in [0.05, 0.1) is 10.7 Å². The van der Waals surface area contributed by atoms with Crippen LogP contribution in [0.1, 0.15) is 21.5 Å². The van der Waals surface area contributed by atoms with Crippen LogP contribution in [-0.4, -0.2) is 5.78 Å². The summed E-state index contributed by atoms with van der Waals surface area (Å²) in [5.74, 6) is -0.253. The normalized spacial score (nSPS) is 15.3. The molecule has 0 radical (unpaired) electrons. The number of ketones is 1. The number of nitriles is 1. The van der Waals surface area contributed by atoms with Crippen LogP contribution in [0.3, 0.4) is 0 Å². The number of nitrogens with zero attached hydrogens (tertiary/aromatic N) is 1. The summed E-state index contributed by atoms with van der Waals surface area (Å²) < 4.78 is 0.837. The highest BCUT2D eigenvalue weighted by molar-refractivity contribution is 14.1. The zero-order valence-corrected chi connectivity index (χ0v) is 15.8. The van der Waals surface area contributed by atoms with E-state index in [0.717, 1.165) is 20.4 Å². The van der Waals surface area contributed by atoms with E-state index in [9.17, 15) is 10.1 Å². The van der Waals surface area contributed by atoms with E-state index in [0.29, 0.717) is 10.6 Å². The van der Waals surface area contributed by atoms with Crippen molar-refractivity contribution in [3.8, 4) is 6.07 Å². The first-order valence-corrected chi connectivity index (χ1v) is 9.21. The van der Waals surface area contributed by atoms with Crippen molar-refractivity contribution in [3.63, 3.8) is 0 Å². The summed E-state index contributed by atoms with van der Waals surface area (Å²) in [5.41, 5.74) is 3.81. The Kier molecular flexibility index (Phi) is 5.07. The van der Waals surface area contributed by atoms with E-state index in [2.05, 4.69) is 34.0 Å². The number of carbonyl (C=O) groups is 1. The van der Waals surface area contributed by atoms with Crippen molar-refractivity contribution in [3.05, 3.63) is 84.8 Å². The van der Waals surface area contributed by atoms with Crippen LogP contribution in [0.25, 0.3) is 5.70 Å². The van der Waals surface area contributed by atoms with Gasteiger partial charge in [-0.2, -0.15) is 5.26 Å². The molecule has 0 saturated carbocycles. The van der Waals surface area contributed by atoms with Crippen LogP contribution in [0, 0.1) is 21.8 Å². The maximum absolute atomic E-state index is 12.7. The zero-order valence-electron chi connectivity index (χ0n) is 12.8. The van der Waals surface area contributed by atoms with E-state index in [-0.39, 0.29) is 11.4 Å². The van der Waals surface area contributed by atoms with Crippen LogP contribution in [0.15, 0.2) is 64.5 Å². The van der Waals surface area contributed by atoms with Gasteiger partial charge in [0.15, 0.2) is 0 Å². The van der Waals surface area contributed by atoms with Crippen LogP contribution in [0.2, 0.25) is 0 Å². The fourth-order valence-electron chi connectivity index (χ4n) is 2.41. The molecule has 0 unspecified atom stereocenters. The Morgan fingerprint density at radius 1 is 1.17 bits per heavy atom. The van der Waals surface area contributed by atoms with Gasteiger partial charge in [0, 0.05) is 20.1 Å². The SMILES string of the molecule is Cc1ccccc1C1=CS/C(=C(\C#N)C(=O)c2ccccc2I)N1.